The Morgan fingerprint density at radius 2 is 1.51 bits per heavy atom. The van der Waals surface area contributed by atoms with Crippen LogP contribution < -0.4 is 9.62 Å². The zero-order chi connectivity index (χ0) is 30.1. The predicted octanol–water partition coefficient (Wildman–Crippen LogP) is 5.06. The van der Waals surface area contributed by atoms with Crippen molar-refractivity contribution >= 4 is 57.1 Å². The molecule has 1 amide bonds. The van der Waals surface area contributed by atoms with Gasteiger partial charge in [-0.1, -0.05) is 66.7 Å². The van der Waals surface area contributed by atoms with Crippen molar-refractivity contribution in [2.24, 2.45) is 0 Å². The molecule has 4 aromatic carbocycles. The minimum atomic E-state index is -4.51. The van der Waals surface area contributed by atoms with Crippen molar-refractivity contribution in [3.8, 4) is 11.1 Å². The Hall–Kier alpha value is -3.64. The van der Waals surface area contributed by atoms with Crippen LogP contribution in [-0.2, 0) is 45.2 Å². The summed E-state index contributed by atoms with van der Waals surface area (Å²) < 4.78 is 68.4. The molecule has 43 heavy (non-hydrogen) atoms. The Balaban J connectivity index is 0.00000423. The third-order valence-electron chi connectivity index (χ3n) is 7.01. The molecular weight excluding hydrogens is 592 g/mol. The van der Waals surface area contributed by atoms with Crippen LogP contribution in [-0.4, -0.2) is 61.0 Å². The van der Waals surface area contributed by atoms with Crippen LogP contribution in [0.15, 0.2) is 102 Å². The summed E-state index contributed by atoms with van der Waals surface area (Å²) in [6.45, 7) is 0.110. The van der Waals surface area contributed by atoms with Gasteiger partial charge in [0.15, 0.2) is 0 Å². The second-order valence-electron chi connectivity index (χ2n) is 9.86. The van der Waals surface area contributed by atoms with Crippen LogP contribution >= 0.6 is 0 Å². The van der Waals surface area contributed by atoms with Crippen LogP contribution in [0.1, 0.15) is 22.3 Å². The molecule has 0 aliphatic carbocycles. The zero-order valence-electron chi connectivity index (χ0n) is 23.0. The van der Waals surface area contributed by atoms with Crippen molar-refractivity contribution in [2.75, 3.05) is 4.31 Å². The van der Waals surface area contributed by atoms with Crippen LogP contribution in [0.4, 0.5) is 18.9 Å². The van der Waals surface area contributed by atoms with E-state index < -0.39 is 39.7 Å². The summed E-state index contributed by atoms with van der Waals surface area (Å²) in [5.74, 6) is -1.46. The monoisotopic (exact) mass is 617 g/mol. The Bertz CT molecular complexity index is 1740. The largest absolute Gasteiger partial charge is 0.481 e. The fraction of sp³-hybridized carbons (Fsp3) is 0.161. The fourth-order valence-corrected chi connectivity index (χ4v) is 6.57. The number of carbonyl (C=O) groups excluding carboxylic acids is 1. The Kier molecular flexibility index (Phi) is 9.70. The molecule has 0 saturated heterocycles. The quantitative estimate of drug-likeness (QED) is 0.269. The number of hydrogen-bond acceptors (Lipinski definition) is 4. The summed E-state index contributed by atoms with van der Waals surface area (Å²) in [6, 6.07) is 22.7. The van der Waals surface area contributed by atoms with E-state index in [9.17, 15) is 31.2 Å². The number of alkyl halides is 3. The standard InChI is InChI=1S/C31H25F3N2O5S.Na/c32-31(33,34)25-6-3-5-23(17-25)22-12-14-26(15-13-22)42(40,41)36-27-7-2-1-4-24(27)18-28(36)30(39)35-19-21-10-8-20(9-11-21)16-29(37)38;/h1-15,17,28H,16,18-19H2,(H,35,39)(H,37,38);/t28-;/m0./s1. The van der Waals surface area contributed by atoms with Crippen LogP contribution in [0.5, 0.6) is 0 Å². The maximum absolute atomic E-state index is 13.9. The van der Waals surface area contributed by atoms with Gasteiger partial charge in [-0.3, -0.25) is 13.9 Å². The van der Waals surface area contributed by atoms with Gasteiger partial charge in [-0.25, -0.2) is 8.42 Å². The number of fused-ring (bicyclic) bond motifs is 1. The molecule has 2 N–H and O–H groups in total. The van der Waals surface area contributed by atoms with Crippen molar-refractivity contribution in [3.63, 3.8) is 0 Å². The van der Waals surface area contributed by atoms with E-state index in [1.165, 1.54) is 36.4 Å². The number of anilines is 1. The van der Waals surface area contributed by atoms with E-state index in [2.05, 4.69) is 5.32 Å². The zero-order valence-corrected chi connectivity index (χ0v) is 25.8. The van der Waals surface area contributed by atoms with Crippen LogP contribution in [0.3, 0.4) is 0 Å². The summed E-state index contributed by atoms with van der Waals surface area (Å²) in [4.78, 5) is 24.1. The van der Waals surface area contributed by atoms with Crippen molar-refractivity contribution < 1.29 is 36.3 Å². The van der Waals surface area contributed by atoms with Gasteiger partial charge in [-0.15, -0.1) is 0 Å². The Morgan fingerprint density at radius 3 is 2.16 bits per heavy atom. The number of carboxylic acid groups (broad SMARTS) is 1. The molecule has 1 aliphatic heterocycles. The number of hydrogen-bond donors (Lipinski definition) is 2. The molecule has 0 spiro atoms. The van der Waals surface area contributed by atoms with E-state index >= 15 is 0 Å². The number of halogens is 3. The summed E-state index contributed by atoms with van der Waals surface area (Å²) >= 11 is 0. The first-order chi connectivity index (χ1) is 19.9. The Morgan fingerprint density at radius 1 is 0.860 bits per heavy atom. The molecular formula is C31H25F3N2NaO5S. The molecule has 1 radical (unpaired) electrons. The van der Waals surface area contributed by atoms with Gasteiger partial charge < -0.3 is 10.4 Å². The molecule has 1 aliphatic rings. The molecule has 0 saturated carbocycles. The third-order valence-corrected chi connectivity index (χ3v) is 8.84. The molecule has 1 heterocycles. The summed E-state index contributed by atoms with van der Waals surface area (Å²) in [5, 5.41) is 11.7. The second kappa shape index (κ2) is 12.9. The molecule has 5 rings (SSSR count). The minimum Gasteiger partial charge on any atom is -0.481 e. The number of amides is 1. The number of rotatable bonds is 8. The minimum absolute atomic E-state index is 0. The van der Waals surface area contributed by atoms with Gasteiger partial charge in [0.2, 0.25) is 5.91 Å². The first-order valence-corrected chi connectivity index (χ1v) is 14.3. The predicted molar refractivity (Wildman–Crippen MR) is 156 cm³/mol. The Labute approximate surface area is 268 Å². The number of carboxylic acids is 1. The van der Waals surface area contributed by atoms with Crippen LogP contribution in [0.25, 0.3) is 11.1 Å². The first kappa shape index (κ1) is 32.3. The van der Waals surface area contributed by atoms with Crippen LogP contribution in [0.2, 0.25) is 0 Å². The molecule has 4 aromatic rings. The second-order valence-corrected chi connectivity index (χ2v) is 11.7. The molecule has 7 nitrogen and oxygen atoms in total. The maximum atomic E-state index is 13.9. The van der Waals surface area contributed by atoms with E-state index in [0.717, 1.165) is 16.4 Å². The number of para-hydroxylation sites is 1. The SMILES string of the molecule is O=C(O)Cc1ccc(CNC(=O)[C@@H]2Cc3ccccc3N2S(=O)(=O)c2ccc(-c3cccc(C(F)(F)F)c3)cc2)cc1.[Na]. The average Bonchev–Trinajstić information content (AvgIpc) is 3.37. The van der Waals surface area contributed by atoms with Crippen LogP contribution in [0, 0.1) is 0 Å². The smallest absolute Gasteiger partial charge is 0.416 e. The first-order valence-electron chi connectivity index (χ1n) is 12.9. The molecule has 217 valence electrons. The normalized spacial score (nSPS) is 14.5. The van der Waals surface area contributed by atoms with Gasteiger partial charge in [-0.05, 0) is 58.1 Å². The number of aliphatic carboxylic acids is 1. The van der Waals surface area contributed by atoms with Gasteiger partial charge in [0.05, 0.1) is 22.6 Å². The van der Waals surface area contributed by atoms with Gasteiger partial charge in [0.25, 0.3) is 10.0 Å². The summed E-state index contributed by atoms with van der Waals surface area (Å²) in [7, 11) is -4.24. The maximum Gasteiger partial charge on any atom is 0.416 e. The molecule has 12 heteroatoms. The summed E-state index contributed by atoms with van der Waals surface area (Å²) in [6.07, 6.45) is -4.48. The van der Waals surface area contributed by atoms with Gasteiger partial charge in [0, 0.05) is 42.5 Å². The molecule has 0 fully saturated rings. The fourth-order valence-electron chi connectivity index (χ4n) is 4.92. The van der Waals surface area contributed by atoms with Gasteiger partial charge in [0.1, 0.15) is 6.04 Å². The van der Waals surface area contributed by atoms with E-state index in [1.54, 1.807) is 48.5 Å². The molecule has 0 aromatic heterocycles. The average molecular weight is 618 g/mol. The summed E-state index contributed by atoms with van der Waals surface area (Å²) in [5.41, 5.74) is 2.26. The number of carbonyl (C=O) groups is 2. The third kappa shape index (κ3) is 7.13. The topological polar surface area (TPSA) is 104 Å². The van der Waals surface area contributed by atoms with Crippen molar-refractivity contribution in [2.45, 2.75) is 36.5 Å². The van der Waals surface area contributed by atoms with Gasteiger partial charge >= 0.3 is 12.1 Å². The van der Waals surface area contributed by atoms with E-state index in [0.29, 0.717) is 27.9 Å². The van der Waals surface area contributed by atoms with Gasteiger partial charge in [-0.2, -0.15) is 13.2 Å². The number of nitrogens with one attached hydrogen (secondary N) is 1. The van der Waals surface area contributed by atoms with E-state index in [1.807, 2.05) is 0 Å². The number of nitrogens with zero attached hydrogens (tertiary/aromatic N) is 1. The van der Waals surface area contributed by atoms with Crippen molar-refractivity contribution in [1.82, 2.24) is 5.32 Å². The van der Waals surface area contributed by atoms with Crippen molar-refractivity contribution in [3.05, 3.63) is 119 Å². The van der Waals surface area contributed by atoms with Crippen molar-refractivity contribution in [1.29, 1.82) is 0 Å². The van der Waals surface area contributed by atoms with E-state index in [-0.39, 0.29) is 59.4 Å². The molecule has 1 atom stereocenters. The number of benzene rings is 4. The molecule has 0 unspecified atom stereocenters. The number of sulfonamides is 1. The molecule has 0 bridgehead atoms. The van der Waals surface area contributed by atoms with E-state index in [4.69, 9.17) is 5.11 Å².